The monoisotopic (exact) mass is 576 g/mol. The van der Waals surface area contributed by atoms with E-state index < -0.39 is 24.2 Å². The zero-order valence-corrected chi connectivity index (χ0v) is 25.3. The van der Waals surface area contributed by atoms with Crippen molar-refractivity contribution in [3.05, 3.63) is 10.1 Å². The van der Waals surface area contributed by atoms with E-state index in [4.69, 9.17) is 14.7 Å². The Morgan fingerprint density at radius 1 is 1.12 bits per heavy atom. The minimum absolute atomic E-state index is 0.00630. The van der Waals surface area contributed by atoms with Crippen LogP contribution in [0.1, 0.15) is 98.8 Å². The van der Waals surface area contributed by atoms with Crippen LogP contribution >= 0.6 is 0 Å². The zero-order chi connectivity index (χ0) is 29.9. The normalized spacial score (nSPS) is 30.0. The van der Waals surface area contributed by atoms with Gasteiger partial charge in [0.05, 0.1) is 17.6 Å². The molecular formula is C28H49BN6O6. The lowest BCUT2D eigenvalue weighted by Crippen LogP contribution is -2.65. The number of hydrogen-bond donors (Lipinski definition) is 5. The van der Waals surface area contributed by atoms with Gasteiger partial charge in [-0.3, -0.25) is 15.0 Å². The molecular weight excluding hydrogens is 527 g/mol. The molecule has 2 bridgehead atoms. The van der Waals surface area contributed by atoms with Crippen LogP contribution in [-0.2, 0) is 18.9 Å². The molecule has 4 saturated carbocycles. The molecule has 2 amide bonds. The molecule has 13 heteroatoms. The van der Waals surface area contributed by atoms with Crippen molar-refractivity contribution < 1.29 is 23.9 Å². The summed E-state index contributed by atoms with van der Waals surface area (Å²) in [5, 5.41) is 26.1. The quantitative estimate of drug-likeness (QED) is 0.0590. The summed E-state index contributed by atoms with van der Waals surface area (Å²) >= 11 is 0. The fourth-order valence-electron chi connectivity index (χ4n) is 7.67. The van der Waals surface area contributed by atoms with Crippen molar-refractivity contribution in [1.82, 2.24) is 21.4 Å². The Balaban J connectivity index is 1.42. The van der Waals surface area contributed by atoms with Crippen molar-refractivity contribution in [2.45, 2.75) is 123 Å². The fraction of sp³-hybridized carbons (Fsp3) is 0.893. The minimum atomic E-state index is -0.807. The summed E-state index contributed by atoms with van der Waals surface area (Å²) in [4.78, 5) is 37.4. The van der Waals surface area contributed by atoms with E-state index in [0.29, 0.717) is 31.1 Å². The second-order valence-corrected chi connectivity index (χ2v) is 13.8. The molecule has 12 nitrogen and oxygen atoms in total. The number of carbonyl (C=O) groups excluding carboxylic acids is 2. The number of nitrogens with zero attached hydrogens (tertiary/aromatic N) is 1. The number of carbonyl (C=O) groups is 2. The van der Waals surface area contributed by atoms with E-state index in [1.807, 2.05) is 0 Å². The maximum absolute atomic E-state index is 13.8. The number of hydrogen-bond acceptors (Lipinski definition) is 7. The van der Waals surface area contributed by atoms with Crippen molar-refractivity contribution in [2.24, 2.45) is 29.1 Å². The van der Waals surface area contributed by atoms with Gasteiger partial charge in [0.2, 0.25) is 11.8 Å². The van der Waals surface area contributed by atoms with E-state index in [2.05, 4.69) is 50.6 Å². The average Bonchev–Trinajstić information content (AvgIpc) is 3.26. The summed E-state index contributed by atoms with van der Waals surface area (Å²) in [6.45, 7) is 11.3. The first-order valence-electron chi connectivity index (χ1n) is 15.5. The Labute approximate surface area is 244 Å². The first-order valence-corrected chi connectivity index (χ1v) is 15.5. The molecule has 5 fully saturated rings. The molecule has 0 radical (unpaired) electrons. The largest absolute Gasteiger partial charge is 0.481 e. The zero-order valence-electron chi connectivity index (χ0n) is 25.3. The highest BCUT2D eigenvalue weighted by molar-refractivity contribution is 6.48. The number of hydrazine groups is 1. The molecule has 1 heterocycles. The van der Waals surface area contributed by atoms with Crippen LogP contribution in [0.4, 0.5) is 0 Å². The second-order valence-electron chi connectivity index (χ2n) is 13.8. The van der Waals surface area contributed by atoms with Crippen molar-refractivity contribution in [3.63, 3.8) is 0 Å². The first-order chi connectivity index (χ1) is 19.3. The van der Waals surface area contributed by atoms with Gasteiger partial charge in [0, 0.05) is 12.5 Å². The van der Waals surface area contributed by atoms with Crippen molar-refractivity contribution >= 4 is 24.9 Å². The van der Waals surface area contributed by atoms with Gasteiger partial charge >= 0.3 is 7.12 Å². The number of amides is 2. The van der Waals surface area contributed by atoms with Crippen LogP contribution in [0.2, 0.25) is 0 Å². The Bertz CT molecular complexity index is 991. The Morgan fingerprint density at radius 3 is 2.46 bits per heavy atom. The smallest absolute Gasteiger partial charge is 0.404 e. The van der Waals surface area contributed by atoms with Crippen LogP contribution in [0, 0.1) is 44.6 Å². The van der Waals surface area contributed by atoms with Gasteiger partial charge in [-0.2, -0.15) is 0 Å². The Hall–Kier alpha value is -2.41. The predicted molar refractivity (Wildman–Crippen MR) is 155 cm³/mol. The summed E-state index contributed by atoms with van der Waals surface area (Å²) in [7, 11) is -0.559. The van der Waals surface area contributed by atoms with Crippen LogP contribution in [0.15, 0.2) is 0 Å². The molecule has 0 aromatic heterocycles. The minimum Gasteiger partial charge on any atom is -0.404 e. The van der Waals surface area contributed by atoms with Gasteiger partial charge in [0.15, 0.2) is 5.03 Å². The fourth-order valence-corrected chi connectivity index (χ4v) is 7.67. The number of nitrogens with one attached hydrogen (secondary N) is 5. The van der Waals surface area contributed by atoms with E-state index in [1.54, 1.807) is 5.43 Å². The third-order valence-corrected chi connectivity index (χ3v) is 10.1. The molecule has 6 atom stereocenters. The summed E-state index contributed by atoms with van der Waals surface area (Å²) in [5.41, 5.74) is 1.59. The Morgan fingerprint density at radius 2 is 1.83 bits per heavy atom. The number of nitro groups is 1. The number of guanidine groups is 1. The van der Waals surface area contributed by atoms with Crippen LogP contribution in [0.25, 0.3) is 0 Å². The lowest BCUT2D eigenvalue weighted by molar-refractivity contribution is -0.525. The van der Waals surface area contributed by atoms with Crippen molar-refractivity contribution in [2.75, 3.05) is 6.54 Å². The van der Waals surface area contributed by atoms with Gasteiger partial charge in [-0.05, 0) is 75.0 Å². The molecule has 0 unspecified atom stereocenters. The van der Waals surface area contributed by atoms with Gasteiger partial charge < -0.3 is 25.3 Å². The third-order valence-electron chi connectivity index (χ3n) is 10.1. The van der Waals surface area contributed by atoms with E-state index in [9.17, 15) is 19.7 Å². The second kappa shape index (κ2) is 12.8. The third kappa shape index (κ3) is 7.15. The van der Waals surface area contributed by atoms with E-state index in [1.165, 1.54) is 0 Å². The average molecular weight is 577 g/mol. The molecule has 4 aliphatic carbocycles. The van der Waals surface area contributed by atoms with Gasteiger partial charge in [0.1, 0.15) is 6.04 Å². The van der Waals surface area contributed by atoms with Gasteiger partial charge in [0.25, 0.3) is 5.96 Å². The van der Waals surface area contributed by atoms with Crippen LogP contribution in [0.5, 0.6) is 0 Å². The molecule has 0 aromatic carbocycles. The maximum Gasteiger partial charge on any atom is 0.481 e. The molecule has 5 N–H and O–H groups in total. The summed E-state index contributed by atoms with van der Waals surface area (Å²) < 4.78 is 13.2. The molecule has 230 valence electrons. The molecule has 0 aromatic rings. The molecule has 1 aliphatic heterocycles. The summed E-state index contributed by atoms with van der Waals surface area (Å²) in [6, 6.07) is -0.774. The molecule has 41 heavy (non-hydrogen) atoms. The maximum atomic E-state index is 13.8. The van der Waals surface area contributed by atoms with E-state index in [0.717, 1.165) is 44.9 Å². The van der Waals surface area contributed by atoms with Crippen molar-refractivity contribution in [1.29, 1.82) is 5.41 Å². The standard InChI is InChI=1S/C28H49BN6O6/c1-17(2)14-23(29-40-22-16-19-15-21(27(19,3)4)28(22,5)41-29)33-25(37)20(12-9-13-31-26(30)34-35(38)39)32-24(36)18-10-7-6-8-11-18/h17-23H,6-16H2,1-5H3,(H,32,36)(H,33,37)(H3,30,31,34)/t19-,20-,21-,22+,23-,28-/m0/s1. The van der Waals surface area contributed by atoms with Crippen LogP contribution < -0.4 is 21.4 Å². The lowest BCUT2D eigenvalue weighted by atomic mass is 9.43. The van der Waals surface area contributed by atoms with Crippen LogP contribution in [-0.4, -0.2) is 60.2 Å². The number of rotatable bonds is 12. The highest BCUT2D eigenvalue weighted by Gasteiger charge is 2.68. The van der Waals surface area contributed by atoms with Crippen molar-refractivity contribution in [3.8, 4) is 0 Å². The molecule has 0 spiro atoms. The van der Waals surface area contributed by atoms with Crippen LogP contribution in [0.3, 0.4) is 0 Å². The Kier molecular flexibility index (Phi) is 9.88. The topological polar surface area (TPSA) is 168 Å². The summed E-state index contributed by atoms with van der Waals surface area (Å²) in [5.74, 6) is 0.0534. The van der Waals surface area contributed by atoms with E-state index >= 15 is 0 Å². The van der Waals surface area contributed by atoms with Gasteiger partial charge in [-0.25, -0.2) is 10.1 Å². The molecule has 5 rings (SSSR count). The van der Waals surface area contributed by atoms with Gasteiger partial charge in [-0.15, -0.1) is 0 Å². The first kappa shape index (κ1) is 31.5. The van der Waals surface area contributed by atoms with E-state index in [-0.39, 0.29) is 53.3 Å². The molecule has 1 saturated heterocycles. The SMILES string of the molecule is CC(C)C[C@H](NC(=O)[C@H](CCCNC(=N)N[N+](=O)[O-])NC(=O)C1CCCCC1)B1O[C@@H]2C[C@@H]3C[C@@H](C3(C)C)[C@]2(C)O1. The lowest BCUT2D eigenvalue weighted by Gasteiger charge is -2.64. The highest BCUT2D eigenvalue weighted by Crippen LogP contribution is 2.65. The van der Waals surface area contributed by atoms with Gasteiger partial charge in [-0.1, -0.05) is 52.4 Å². The summed E-state index contributed by atoms with van der Waals surface area (Å²) in [6.07, 6.45) is 8.33. The predicted octanol–water partition coefficient (Wildman–Crippen LogP) is 2.94. The highest BCUT2D eigenvalue weighted by atomic mass is 16.7. The molecule has 5 aliphatic rings.